The molecule has 2 atom stereocenters. The van der Waals surface area contributed by atoms with Gasteiger partial charge in [-0.15, -0.1) is 0 Å². The molecule has 1 aliphatic rings. The van der Waals surface area contributed by atoms with Crippen molar-refractivity contribution in [2.24, 2.45) is 0 Å². The highest BCUT2D eigenvalue weighted by Crippen LogP contribution is 2.38. The summed E-state index contributed by atoms with van der Waals surface area (Å²) in [7, 11) is 1.42. The quantitative estimate of drug-likeness (QED) is 0.425. The molecule has 0 spiro atoms. The molecule has 1 saturated heterocycles. The summed E-state index contributed by atoms with van der Waals surface area (Å²) in [5, 5.41) is 15.5. The average molecular weight is 458 g/mol. The second kappa shape index (κ2) is 7.83. The van der Waals surface area contributed by atoms with Crippen LogP contribution in [0.4, 0.5) is 21.6 Å². The summed E-state index contributed by atoms with van der Waals surface area (Å²) in [5.74, 6) is 0.0176. The Balaban J connectivity index is 1.53. The normalized spacial score (nSPS) is 19.1. The van der Waals surface area contributed by atoms with Crippen molar-refractivity contribution >= 4 is 45.3 Å². The topological polar surface area (TPSA) is 82.5 Å². The number of imidazole rings is 1. The lowest BCUT2D eigenvalue weighted by Crippen LogP contribution is -2.54. The summed E-state index contributed by atoms with van der Waals surface area (Å²) in [4.78, 5) is 6.53. The number of nitrogens with zero attached hydrogens (tertiary/aromatic N) is 4. The lowest BCUT2D eigenvalue weighted by atomic mass is 10.1. The molecule has 1 aliphatic heterocycles. The van der Waals surface area contributed by atoms with Gasteiger partial charge in [-0.25, -0.2) is 4.98 Å². The van der Waals surface area contributed by atoms with Gasteiger partial charge in [0.2, 0.25) is 5.82 Å². The van der Waals surface area contributed by atoms with Gasteiger partial charge in [0, 0.05) is 43.3 Å². The second-order valence-corrected chi connectivity index (χ2v) is 8.83. The fraction of sp³-hybridized carbons (Fsp3) is 0.364. The van der Waals surface area contributed by atoms with Crippen LogP contribution in [0.1, 0.15) is 19.5 Å². The second-order valence-electron chi connectivity index (χ2n) is 8.42. The van der Waals surface area contributed by atoms with Crippen molar-refractivity contribution in [2.75, 3.05) is 30.4 Å². The Kier molecular flexibility index (Phi) is 5.10. The number of aromatic nitrogens is 4. The predicted octanol–water partition coefficient (Wildman–Crippen LogP) is 4.25. The zero-order valence-corrected chi connectivity index (χ0v) is 19.1. The summed E-state index contributed by atoms with van der Waals surface area (Å²) in [6.07, 6.45) is 3.48. The van der Waals surface area contributed by atoms with Crippen molar-refractivity contribution in [2.45, 2.75) is 32.9 Å². The molecule has 0 unspecified atom stereocenters. The Morgan fingerprint density at radius 2 is 1.97 bits per heavy atom. The van der Waals surface area contributed by atoms with E-state index in [4.69, 9.17) is 16.3 Å². The fourth-order valence-corrected chi connectivity index (χ4v) is 4.82. The smallest absolute Gasteiger partial charge is 0.210 e. The minimum absolute atomic E-state index is 0.0655. The first kappa shape index (κ1) is 20.8. The number of pyridine rings is 1. The summed E-state index contributed by atoms with van der Waals surface area (Å²) in [6.45, 7) is 7.95. The van der Waals surface area contributed by atoms with Crippen LogP contribution in [0.15, 0.2) is 24.5 Å². The molecule has 1 fully saturated rings. The minimum Gasteiger partial charge on any atom is -0.491 e. The number of halogens is 2. The van der Waals surface area contributed by atoms with Crippen LogP contribution in [0, 0.1) is 12.7 Å². The Bertz CT molecular complexity index is 1310. The molecule has 1 aromatic carbocycles. The van der Waals surface area contributed by atoms with Gasteiger partial charge in [0.1, 0.15) is 5.69 Å². The molecule has 3 aromatic heterocycles. The largest absolute Gasteiger partial charge is 0.491 e. The van der Waals surface area contributed by atoms with Crippen molar-refractivity contribution in [3.63, 3.8) is 0 Å². The summed E-state index contributed by atoms with van der Waals surface area (Å²) in [6, 6.07) is 4.77. The van der Waals surface area contributed by atoms with E-state index in [1.54, 1.807) is 16.8 Å². The van der Waals surface area contributed by atoms with Crippen molar-refractivity contribution in [3.05, 3.63) is 41.1 Å². The van der Waals surface area contributed by atoms with Crippen LogP contribution < -0.4 is 20.3 Å². The molecule has 4 aromatic rings. The maximum Gasteiger partial charge on any atom is 0.210 e. The van der Waals surface area contributed by atoms with E-state index in [0.717, 1.165) is 29.7 Å². The van der Waals surface area contributed by atoms with Gasteiger partial charge in [0.25, 0.3) is 0 Å². The van der Waals surface area contributed by atoms with E-state index >= 15 is 0 Å². The Morgan fingerprint density at radius 1 is 1.22 bits per heavy atom. The van der Waals surface area contributed by atoms with Gasteiger partial charge >= 0.3 is 0 Å². The third-order valence-corrected chi connectivity index (χ3v) is 6.04. The molecule has 5 rings (SSSR count). The highest BCUT2D eigenvalue weighted by atomic mass is 35.5. The van der Waals surface area contributed by atoms with Crippen molar-refractivity contribution < 1.29 is 9.13 Å². The summed E-state index contributed by atoms with van der Waals surface area (Å²) in [5.41, 5.74) is 3.18. The van der Waals surface area contributed by atoms with Crippen LogP contribution in [0.3, 0.4) is 0 Å². The van der Waals surface area contributed by atoms with Crippen LogP contribution in [0.5, 0.6) is 5.75 Å². The number of H-pyrrole nitrogens is 1. The van der Waals surface area contributed by atoms with Crippen molar-refractivity contribution in [3.8, 4) is 5.75 Å². The third kappa shape index (κ3) is 3.51. The number of anilines is 3. The number of piperazine rings is 1. The Hall–Kier alpha value is -3.04. The van der Waals surface area contributed by atoms with Gasteiger partial charge in [0.15, 0.2) is 17.2 Å². The standard InChI is InChI=1S/C22H25ClFN7O/c1-11-7-30(8-12(2)25-11)14-5-15(23)18-16(6-14)28-29-21(18)27-17-10-31-9-13(3)26-22(31)19(24)20(17)32-4/h5-6,9-12,25H,7-8H2,1-4H3,(H2,27,28,29)/t11-,12-/m0/s1. The molecular weight excluding hydrogens is 433 g/mol. The number of aryl methyl sites for hydroxylation is 1. The summed E-state index contributed by atoms with van der Waals surface area (Å²) < 4.78 is 21.9. The van der Waals surface area contributed by atoms with Gasteiger partial charge in [0.05, 0.1) is 28.7 Å². The SMILES string of the molecule is COc1c(Nc2n[nH]c3cc(N4C[C@H](C)N[C@@H](C)C4)cc(Cl)c23)cn2cc(C)nc2c1F. The monoisotopic (exact) mass is 457 g/mol. The first-order valence-corrected chi connectivity index (χ1v) is 10.9. The van der Waals surface area contributed by atoms with Crippen molar-refractivity contribution in [1.82, 2.24) is 24.9 Å². The molecule has 10 heteroatoms. The van der Waals surface area contributed by atoms with Gasteiger partial charge in [-0.1, -0.05) is 11.6 Å². The zero-order chi connectivity index (χ0) is 22.6. The number of benzene rings is 1. The van der Waals surface area contributed by atoms with Crippen LogP contribution in [0.25, 0.3) is 16.6 Å². The lowest BCUT2D eigenvalue weighted by molar-refractivity contribution is 0.389. The van der Waals surface area contributed by atoms with Crippen LogP contribution in [-0.2, 0) is 0 Å². The lowest BCUT2D eigenvalue weighted by Gasteiger charge is -2.37. The van der Waals surface area contributed by atoms with Crippen LogP contribution >= 0.6 is 11.6 Å². The molecule has 0 amide bonds. The van der Waals surface area contributed by atoms with Crippen LogP contribution in [-0.4, -0.2) is 51.9 Å². The Labute approximate surface area is 189 Å². The van der Waals surface area contributed by atoms with Gasteiger partial charge in [-0.3, -0.25) is 5.10 Å². The van der Waals surface area contributed by atoms with Gasteiger partial charge < -0.3 is 24.7 Å². The molecule has 0 saturated carbocycles. The number of nitrogens with one attached hydrogen (secondary N) is 3. The molecule has 8 nitrogen and oxygen atoms in total. The first-order chi connectivity index (χ1) is 15.3. The number of methoxy groups -OCH3 is 1. The van der Waals surface area contributed by atoms with E-state index in [-0.39, 0.29) is 11.4 Å². The third-order valence-electron chi connectivity index (χ3n) is 5.74. The van der Waals surface area contributed by atoms with Crippen molar-refractivity contribution in [1.29, 1.82) is 0 Å². The molecular formula is C22H25ClFN7O. The summed E-state index contributed by atoms with van der Waals surface area (Å²) >= 11 is 6.71. The van der Waals surface area contributed by atoms with E-state index in [0.29, 0.717) is 34.3 Å². The van der Waals surface area contributed by atoms with Gasteiger partial charge in [-0.05, 0) is 32.9 Å². The van der Waals surface area contributed by atoms with E-state index in [1.165, 1.54) is 7.11 Å². The van der Waals surface area contributed by atoms with E-state index in [1.807, 2.05) is 19.1 Å². The van der Waals surface area contributed by atoms with E-state index in [2.05, 4.69) is 44.6 Å². The molecule has 4 heterocycles. The molecule has 0 bridgehead atoms. The highest BCUT2D eigenvalue weighted by molar-refractivity contribution is 6.36. The molecule has 0 radical (unpaired) electrons. The van der Waals surface area contributed by atoms with Gasteiger partial charge in [-0.2, -0.15) is 9.49 Å². The molecule has 0 aliphatic carbocycles. The molecule has 3 N–H and O–H groups in total. The maximum absolute atomic E-state index is 15.0. The van der Waals surface area contributed by atoms with E-state index in [9.17, 15) is 4.39 Å². The van der Waals surface area contributed by atoms with Crippen LogP contribution in [0.2, 0.25) is 5.02 Å². The average Bonchev–Trinajstić information content (AvgIpc) is 3.31. The number of hydrogen-bond donors (Lipinski definition) is 3. The fourth-order valence-electron chi connectivity index (χ4n) is 4.51. The molecule has 32 heavy (non-hydrogen) atoms. The number of aromatic amines is 1. The predicted molar refractivity (Wildman–Crippen MR) is 125 cm³/mol. The Morgan fingerprint density at radius 3 is 2.69 bits per heavy atom. The zero-order valence-electron chi connectivity index (χ0n) is 18.3. The number of ether oxygens (including phenoxy) is 1. The minimum atomic E-state index is -0.541. The maximum atomic E-state index is 15.0. The molecule has 168 valence electrons. The first-order valence-electron chi connectivity index (χ1n) is 10.5. The number of fused-ring (bicyclic) bond motifs is 2. The number of hydrogen-bond acceptors (Lipinski definition) is 6. The number of rotatable bonds is 4. The highest BCUT2D eigenvalue weighted by Gasteiger charge is 2.23. The van der Waals surface area contributed by atoms with E-state index < -0.39 is 5.82 Å².